The third-order valence-corrected chi connectivity index (χ3v) is 3.77. The molecule has 0 aliphatic heterocycles. The van der Waals surface area contributed by atoms with Crippen molar-refractivity contribution in [3.63, 3.8) is 0 Å². The van der Waals surface area contributed by atoms with E-state index in [0.717, 1.165) is 11.1 Å². The monoisotopic (exact) mass is 383 g/mol. The van der Waals surface area contributed by atoms with Crippen LogP contribution in [0.1, 0.15) is 27.5 Å². The summed E-state index contributed by atoms with van der Waals surface area (Å²) in [5.41, 5.74) is 2.85. The van der Waals surface area contributed by atoms with Crippen LogP contribution in [0.2, 0.25) is 0 Å². The topological polar surface area (TPSA) is 30.2 Å². The summed E-state index contributed by atoms with van der Waals surface area (Å²) in [5.74, 6) is -0.334. The number of pyridine rings is 1. The molecule has 0 aliphatic carbocycles. The predicted octanol–water partition coefficient (Wildman–Crippen LogP) is 0.402. The molecule has 3 rings (SSSR count). The largest absolute Gasteiger partial charge is 1.00 e. The summed E-state index contributed by atoms with van der Waals surface area (Å²) >= 11 is 0. The minimum absolute atomic E-state index is 0. The second-order valence-electron chi connectivity index (χ2n) is 5.26. The van der Waals surface area contributed by atoms with Crippen LogP contribution in [0.25, 0.3) is 0 Å². The SMILES string of the molecule is COC(=O)c1ccc[n+](C(c2ccccc2)c2ccccc2)c1.[Br-]. The normalized spacial score (nSPS) is 10.1. The molecule has 0 amide bonds. The molecule has 0 atom stereocenters. The first kappa shape index (κ1) is 17.9. The van der Waals surface area contributed by atoms with E-state index in [4.69, 9.17) is 4.74 Å². The fourth-order valence-corrected chi connectivity index (χ4v) is 2.70. The zero-order valence-electron chi connectivity index (χ0n) is 13.3. The molecule has 0 saturated heterocycles. The Morgan fingerprint density at radius 2 is 1.42 bits per heavy atom. The summed E-state index contributed by atoms with van der Waals surface area (Å²) in [6.45, 7) is 0. The number of halogens is 1. The summed E-state index contributed by atoms with van der Waals surface area (Å²) in [4.78, 5) is 11.8. The molecule has 0 fully saturated rings. The molecule has 3 aromatic rings. The minimum atomic E-state index is -0.334. The summed E-state index contributed by atoms with van der Waals surface area (Å²) in [7, 11) is 1.39. The molecule has 0 N–H and O–H groups in total. The van der Waals surface area contributed by atoms with Gasteiger partial charge in [0.05, 0.1) is 7.11 Å². The van der Waals surface area contributed by atoms with E-state index in [1.807, 2.05) is 59.4 Å². The molecule has 0 aliphatic rings. The number of benzene rings is 2. The molecule has 0 bridgehead atoms. The fourth-order valence-electron chi connectivity index (χ4n) is 2.70. The summed E-state index contributed by atoms with van der Waals surface area (Å²) in [5, 5.41) is 0. The van der Waals surface area contributed by atoms with Gasteiger partial charge in [0.2, 0.25) is 6.04 Å². The maximum absolute atomic E-state index is 11.8. The van der Waals surface area contributed by atoms with Crippen LogP contribution in [0.15, 0.2) is 85.2 Å². The van der Waals surface area contributed by atoms with E-state index in [1.165, 1.54) is 7.11 Å². The van der Waals surface area contributed by atoms with Crippen molar-refractivity contribution in [2.75, 3.05) is 7.11 Å². The molecule has 24 heavy (non-hydrogen) atoms. The van der Waals surface area contributed by atoms with Gasteiger partial charge in [-0.2, -0.15) is 4.57 Å². The Kier molecular flexibility index (Phi) is 6.27. The van der Waals surface area contributed by atoms with Gasteiger partial charge in [0.15, 0.2) is 12.4 Å². The van der Waals surface area contributed by atoms with Crippen molar-refractivity contribution < 1.29 is 31.1 Å². The summed E-state index contributed by atoms with van der Waals surface area (Å²) < 4.78 is 6.87. The van der Waals surface area contributed by atoms with E-state index in [0.29, 0.717) is 5.56 Å². The number of hydrogen-bond donors (Lipinski definition) is 0. The number of ether oxygens (including phenoxy) is 1. The lowest BCUT2D eigenvalue weighted by Crippen LogP contribution is -3.00. The molecule has 0 saturated carbocycles. The molecule has 1 aromatic heterocycles. The van der Waals surface area contributed by atoms with Crippen LogP contribution >= 0.6 is 0 Å². The third kappa shape index (κ3) is 3.89. The van der Waals surface area contributed by atoms with Gasteiger partial charge in [0.25, 0.3) is 0 Å². The number of methoxy groups -OCH3 is 1. The minimum Gasteiger partial charge on any atom is -1.00 e. The van der Waals surface area contributed by atoms with Gasteiger partial charge in [-0.25, -0.2) is 4.79 Å². The van der Waals surface area contributed by atoms with E-state index in [9.17, 15) is 4.79 Å². The van der Waals surface area contributed by atoms with Gasteiger partial charge in [0.1, 0.15) is 5.56 Å². The Morgan fingerprint density at radius 1 is 0.875 bits per heavy atom. The Bertz CT molecular complexity index is 752. The van der Waals surface area contributed by atoms with E-state index in [-0.39, 0.29) is 29.0 Å². The highest BCUT2D eigenvalue weighted by Crippen LogP contribution is 2.21. The van der Waals surface area contributed by atoms with Crippen LogP contribution in [0, 0.1) is 0 Å². The zero-order valence-corrected chi connectivity index (χ0v) is 14.9. The molecular weight excluding hydrogens is 366 g/mol. The first-order valence-corrected chi connectivity index (χ1v) is 7.48. The van der Waals surface area contributed by atoms with Crippen molar-refractivity contribution in [1.82, 2.24) is 0 Å². The van der Waals surface area contributed by atoms with E-state index in [2.05, 4.69) is 24.3 Å². The molecule has 1 heterocycles. The first-order chi connectivity index (χ1) is 11.3. The van der Waals surface area contributed by atoms with Crippen molar-refractivity contribution in [2.45, 2.75) is 6.04 Å². The molecule has 3 nitrogen and oxygen atoms in total. The molecule has 0 unspecified atom stereocenters. The number of aromatic nitrogens is 1. The van der Waals surface area contributed by atoms with Gasteiger partial charge in [-0.05, 0) is 6.07 Å². The standard InChI is InChI=1S/C20H18NO2.BrH/c1-23-20(22)18-13-8-14-21(15-18)19(16-9-4-2-5-10-16)17-11-6-3-7-12-17;/h2-15,19H,1H3;1H/q+1;/p-1. The second-order valence-corrected chi connectivity index (χ2v) is 5.26. The number of carbonyl (C=O) groups is 1. The van der Waals surface area contributed by atoms with Gasteiger partial charge >= 0.3 is 5.97 Å². The number of esters is 1. The maximum atomic E-state index is 11.8. The highest BCUT2D eigenvalue weighted by Gasteiger charge is 2.24. The van der Waals surface area contributed by atoms with Crippen molar-refractivity contribution in [3.8, 4) is 0 Å². The summed E-state index contributed by atoms with van der Waals surface area (Å²) in [6, 6.07) is 24.1. The van der Waals surface area contributed by atoms with E-state index >= 15 is 0 Å². The number of rotatable bonds is 4. The van der Waals surface area contributed by atoms with Crippen molar-refractivity contribution >= 4 is 5.97 Å². The van der Waals surface area contributed by atoms with Crippen LogP contribution in [0.4, 0.5) is 0 Å². The Labute approximate surface area is 152 Å². The number of carbonyl (C=O) groups excluding carboxylic acids is 1. The van der Waals surface area contributed by atoms with Gasteiger partial charge in [0, 0.05) is 17.2 Å². The van der Waals surface area contributed by atoms with Crippen LogP contribution in [0.3, 0.4) is 0 Å². The van der Waals surface area contributed by atoms with Crippen molar-refractivity contribution in [1.29, 1.82) is 0 Å². The second kappa shape index (κ2) is 8.41. The highest BCUT2D eigenvalue weighted by atomic mass is 79.9. The predicted molar refractivity (Wildman–Crippen MR) is 88.1 cm³/mol. The average Bonchev–Trinajstić information content (AvgIpc) is 2.63. The third-order valence-electron chi connectivity index (χ3n) is 3.77. The van der Waals surface area contributed by atoms with Crippen LogP contribution < -0.4 is 21.5 Å². The van der Waals surface area contributed by atoms with Gasteiger partial charge in [-0.1, -0.05) is 60.7 Å². The van der Waals surface area contributed by atoms with Gasteiger partial charge in [-0.15, -0.1) is 0 Å². The smallest absolute Gasteiger partial charge is 0.343 e. The fraction of sp³-hybridized carbons (Fsp3) is 0.100. The molecule has 122 valence electrons. The van der Waals surface area contributed by atoms with Crippen molar-refractivity contribution in [2.24, 2.45) is 0 Å². The Hall–Kier alpha value is -2.46. The molecule has 2 aromatic carbocycles. The Balaban J connectivity index is 0.00000208. The van der Waals surface area contributed by atoms with E-state index < -0.39 is 0 Å². The molecular formula is C20H18BrNO2. The Morgan fingerprint density at radius 3 is 1.92 bits per heavy atom. The lowest BCUT2D eigenvalue weighted by atomic mass is 9.98. The lowest BCUT2D eigenvalue weighted by Gasteiger charge is -2.14. The van der Waals surface area contributed by atoms with Gasteiger partial charge in [-0.3, -0.25) is 0 Å². The highest BCUT2D eigenvalue weighted by molar-refractivity contribution is 5.88. The van der Waals surface area contributed by atoms with Crippen molar-refractivity contribution in [3.05, 3.63) is 102 Å². The number of hydrogen-bond acceptors (Lipinski definition) is 2. The maximum Gasteiger partial charge on any atom is 0.343 e. The number of nitrogens with zero attached hydrogens (tertiary/aromatic N) is 1. The first-order valence-electron chi connectivity index (χ1n) is 7.48. The van der Waals surface area contributed by atoms with Crippen LogP contribution in [-0.2, 0) is 4.74 Å². The molecule has 0 radical (unpaired) electrons. The van der Waals surface area contributed by atoms with Gasteiger partial charge < -0.3 is 21.7 Å². The molecule has 0 spiro atoms. The summed E-state index contributed by atoms with van der Waals surface area (Å²) in [6.07, 6.45) is 3.80. The van der Waals surface area contributed by atoms with Crippen LogP contribution in [0.5, 0.6) is 0 Å². The lowest BCUT2D eigenvalue weighted by molar-refractivity contribution is -0.705. The quantitative estimate of drug-likeness (QED) is 0.482. The van der Waals surface area contributed by atoms with E-state index in [1.54, 1.807) is 6.07 Å². The average molecular weight is 384 g/mol. The zero-order chi connectivity index (χ0) is 16.1. The van der Waals surface area contributed by atoms with Crippen LogP contribution in [-0.4, -0.2) is 13.1 Å². The molecule has 4 heteroatoms.